The van der Waals surface area contributed by atoms with Crippen LogP contribution in [0.15, 0.2) is 0 Å². The van der Waals surface area contributed by atoms with Crippen LogP contribution in [0.5, 0.6) is 0 Å². The molecule has 1 saturated heterocycles. The van der Waals surface area contributed by atoms with Crippen molar-refractivity contribution in [3.05, 3.63) is 0 Å². The average molecular weight is 268 g/mol. The minimum Gasteiger partial charge on any atom is -0.353 e. The molecule has 5 nitrogen and oxygen atoms in total. The molecule has 2 atom stereocenters. The Morgan fingerprint density at radius 3 is 2.63 bits per heavy atom. The Morgan fingerprint density at radius 1 is 1.26 bits per heavy atom. The molecule has 1 amide bonds. The molecule has 1 heterocycles. The van der Waals surface area contributed by atoms with Gasteiger partial charge in [-0.15, -0.1) is 0 Å². The monoisotopic (exact) mass is 268 g/mol. The van der Waals surface area contributed by atoms with Gasteiger partial charge in [0.25, 0.3) is 0 Å². The summed E-state index contributed by atoms with van der Waals surface area (Å²) in [7, 11) is 2.17. The molecule has 2 unspecified atom stereocenters. The van der Waals surface area contributed by atoms with Crippen LogP contribution in [0.3, 0.4) is 0 Å². The second-order valence-electron chi connectivity index (χ2n) is 5.98. The molecule has 0 bridgehead atoms. The number of carbonyl (C=O) groups excluding carboxylic acids is 1. The maximum atomic E-state index is 12.0. The highest BCUT2D eigenvalue weighted by atomic mass is 16.2. The summed E-state index contributed by atoms with van der Waals surface area (Å²) in [6.07, 6.45) is 5.35. The fourth-order valence-electron chi connectivity index (χ4n) is 2.97. The first-order chi connectivity index (χ1) is 9.16. The van der Waals surface area contributed by atoms with Crippen LogP contribution >= 0.6 is 0 Å². The van der Waals surface area contributed by atoms with Gasteiger partial charge in [0.15, 0.2) is 0 Å². The van der Waals surface area contributed by atoms with Gasteiger partial charge in [-0.1, -0.05) is 12.8 Å². The Balaban J connectivity index is 1.60. The number of nitrogens with one attached hydrogen (secondary N) is 3. The molecule has 19 heavy (non-hydrogen) atoms. The van der Waals surface area contributed by atoms with Crippen LogP contribution in [0, 0.1) is 0 Å². The molecule has 2 fully saturated rings. The van der Waals surface area contributed by atoms with E-state index in [1.165, 1.54) is 25.7 Å². The van der Waals surface area contributed by atoms with E-state index in [9.17, 15) is 4.79 Å². The van der Waals surface area contributed by atoms with Crippen LogP contribution < -0.4 is 16.0 Å². The molecule has 110 valence electrons. The van der Waals surface area contributed by atoms with Crippen molar-refractivity contribution in [3.8, 4) is 0 Å². The van der Waals surface area contributed by atoms with Gasteiger partial charge < -0.3 is 20.9 Å². The molecule has 0 spiro atoms. The van der Waals surface area contributed by atoms with Gasteiger partial charge >= 0.3 is 0 Å². The first-order valence-electron chi connectivity index (χ1n) is 7.61. The Morgan fingerprint density at radius 2 is 2.00 bits per heavy atom. The number of amides is 1. The first kappa shape index (κ1) is 14.8. The highest BCUT2D eigenvalue weighted by Gasteiger charge is 2.23. The number of hydrogen-bond donors (Lipinski definition) is 3. The van der Waals surface area contributed by atoms with E-state index in [2.05, 4.69) is 34.8 Å². The third-order valence-electron chi connectivity index (χ3n) is 4.37. The average Bonchev–Trinajstić information content (AvgIpc) is 2.93. The number of likely N-dealkylation sites (N-methyl/N-ethyl adjacent to an activating group) is 1. The molecule has 0 aromatic heterocycles. The molecule has 0 radical (unpaired) electrons. The highest BCUT2D eigenvalue weighted by Crippen LogP contribution is 2.21. The van der Waals surface area contributed by atoms with E-state index in [0.29, 0.717) is 6.04 Å². The van der Waals surface area contributed by atoms with Gasteiger partial charge in [0.1, 0.15) is 0 Å². The summed E-state index contributed by atoms with van der Waals surface area (Å²) in [6, 6.07) is 1.11. The fourth-order valence-corrected chi connectivity index (χ4v) is 2.97. The fraction of sp³-hybridized carbons (Fsp3) is 0.929. The van der Waals surface area contributed by atoms with E-state index < -0.39 is 0 Å². The lowest BCUT2D eigenvalue weighted by Crippen LogP contribution is -2.59. The van der Waals surface area contributed by atoms with Crippen molar-refractivity contribution in [1.29, 1.82) is 0 Å². The molecular weight excluding hydrogens is 240 g/mol. The number of rotatable bonds is 5. The smallest absolute Gasteiger partial charge is 0.238 e. The number of carbonyl (C=O) groups is 1. The molecule has 1 aliphatic heterocycles. The zero-order valence-electron chi connectivity index (χ0n) is 12.2. The number of piperazine rings is 1. The molecular formula is C14H28N4O. The second-order valence-corrected chi connectivity index (χ2v) is 5.98. The van der Waals surface area contributed by atoms with Crippen LogP contribution in [0.2, 0.25) is 0 Å². The maximum Gasteiger partial charge on any atom is 0.238 e. The van der Waals surface area contributed by atoms with Gasteiger partial charge in [-0.05, 0) is 26.8 Å². The van der Waals surface area contributed by atoms with Crippen molar-refractivity contribution in [2.75, 3.05) is 33.2 Å². The summed E-state index contributed by atoms with van der Waals surface area (Å²) >= 11 is 0. The normalized spacial score (nSPS) is 28.8. The Bertz CT molecular complexity index is 283. The summed E-state index contributed by atoms with van der Waals surface area (Å²) in [6.45, 7) is 5.41. The zero-order valence-corrected chi connectivity index (χ0v) is 12.2. The van der Waals surface area contributed by atoms with Gasteiger partial charge in [-0.3, -0.25) is 4.79 Å². The minimum absolute atomic E-state index is 0.0759. The van der Waals surface area contributed by atoms with Crippen LogP contribution in [0.25, 0.3) is 0 Å². The molecule has 5 heteroatoms. The largest absolute Gasteiger partial charge is 0.353 e. The van der Waals surface area contributed by atoms with Crippen molar-refractivity contribution in [2.24, 2.45) is 0 Å². The summed E-state index contributed by atoms with van der Waals surface area (Å²) in [5.74, 6) is 0.124. The summed E-state index contributed by atoms with van der Waals surface area (Å²) in [5, 5.41) is 9.64. The summed E-state index contributed by atoms with van der Waals surface area (Å²) in [4.78, 5) is 14.4. The molecule has 3 N–H and O–H groups in total. The van der Waals surface area contributed by atoms with Gasteiger partial charge in [0.2, 0.25) is 5.91 Å². The van der Waals surface area contributed by atoms with Gasteiger partial charge in [0.05, 0.1) is 6.04 Å². The number of hydrogen-bond acceptors (Lipinski definition) is 4. The predicted octanol–water partition coefficient (Wildman–Crippen LogP) is -0.0731. The van der Waals surface area contributed by atoms with Crippen molar-refractivity contribution in [2.45, 2.75) is 50.7 Å². The van der Waals surface area contributed by atoms with Crippen LogP contribution in [-0.2, 0) is 4.79 Å². The maximum absolute atomic E-state index is 12.0. The number of nitrogens with zero attached hydrogens (tertiary/aromatic N) is 1. The second kappa shape index (κ2) is 7.22. The summed E-state index contributed by atoms with van der Waals surface area (Å²) < 4.78 is 0. The topological polar surface area (TPSA) is 56.4 Å². The van der Waals surface area contributed by atoms with Crippen molar-refractivity contribution >= 4 is 5.91 Å². The standard InChI is InChI=1S/C14H28N4O/c1-11-9-17-13(10-16-11)14(19)15-7-8-18(2)12-5-3-4-6-12/h11-13,16-17H,3-10H2,1-2H3,(H,15,19). The van der Waals surface area contributed by atoms with E-state index >= 15 is 0 Å². The van der Waals surface area contributed by atoms with Gasteiger partial charge in [-0.2, -0.15) is 0 Å². The third-order valence-corrected chi connectivity index (χ3v) is 4.37. The lowest BCUT2D eigenvalue weighted by molar-refractivity contribution is -0.123. The van der Waals surface area contributed by atoms with E-state index in [0.717, 1.165) is 32.2 Å². The Kier molecular flexibility index (Phi) is 5.60. The van der Waals surface area contributed by atoms with E-state index in [1.54, 1.807) is 0 Å². The lowest BCUT2D eigenvalue weighted by atomic mass is 10.1. The van der Waals surface area contributed by atoms with Gasteiger partial charge in [-0.25, -0.2) is 0 Å². The SMILES string of the molecule is CC1CNC(C(=O)NCCN(C)C2CCCC2)CN1. The van der Waals surface area contributed by atoms with E-state index in [1.807, 2.05) is 0 Å². The molecule has 0 aromatic rings. The van der Waals surface area contributed by atoms with Crippen LogP contribution in [-0.4, -0.2) is 62.2 Å². The van der Waals surface area contributed by atoms with Crippen molar-refractivity contribution < 1.29 is 4.79 Å². The Labute approximate surface area is 116 Å². The third kappa shape index (κ3) is 4.44. The predicted molar refractivity (Wildman–Crippen MR) is 77.2 cm³/mol. The molecule has 2 aliphatic rings. The Hall–Kier alpha value is -0.650. The zero-order chi connectivity index (χ0) is 13.7. The van der Waals surface area contributed by atoms with Crippen LogP contribution in [0.4, 0.5) is 0 Å². The minimum atomic E-state index is -0.0759. The first-order valence-corrected chi connectivity index (χ1v) is 7.61. The quantitative estimate of drug-likeness (QED) is 0.653. The van der Waals surface area contributed by atoms with Gasteiger partial charge in [0, 0.05) is 38.3 Å². The molecule has 1 saturated carbocycles. The molecule has 0 aromatic carbocycles. The van der Waals surface area contributed by atoms with E-state index in [-0.39, 0.29) is 11.9 Å². The van der Waals surface area contributed by atoms with Crippen molar-refractivity contribution in [3.63, 3.8) is 0 Å². The van der Waals surface area contributed by atoms with Crippen molar-refractivity contribution in [1.82, 2.24) is 20.9 Å². The molecule has 1 aliphatic carbocycles. The van der Waals surface area contributed by atoms with E-state index in [4.69, 9.17) is 0 Å². The highest BCUT2D eigenvalue weighted by molar-refractivity contribution is 5.82. The van der Waals surface area contributed by atoms with Crippen LogP contribution in [0.1, 0.15) is 32.6 Å². The molecule has 2 rings (SSSR count). The summed E-state index contributed by atoms with van der Waals surface area (Å²) in [5.41, 5.74) is 0. The lowest BCUT2D eigenvalue weighted by Gasteiger charge is -2.29.